The second kappa shape index (κ2) is 6.93. The van der Waals surface area contributed by atoms with Gasteiger partial charge in [0.1, 0.15) is 0 Å². The molecule has 2 fully saturated rings. The molecule has 0 spiro atoms. The minimum absolute atomic E-state index is 0.0292. The van der Waals surface area contributed by atoms with Gasteiger partial charge in [-0.1, -0.05) is 37.3 Å². The van der Waals surface area contributed by atoms with Crippen molar-refractivity contribution in [3.63, 3.8) is 0 Å². The van der Waals surface area contributed by atoms with E-state index in [1.165, 1.54) is 0 Å². The molecule has 5 heteroatoms. The molecule has 2 amide bonds. The smallest absolute Gasteiger partial charge is 0.242 e. The number of carbonyl (C=O) groups excluding carboxylic acids is 2. The zero-order chi connectivity index (χ0) is 17.2. The fourth-order valence-electron chi connectivity index (χ4n) is 3.64. The number of benzene rings is 1. The molecule has 24 heavy (non-hydrogen) atoms. The van der Waals surface area contributed by atoms with E-state index in [1.807, 2.05) is 40.1 Å². The van der Waals surface area contributed by atoms with Crippen molar-refractivity contribution in [2.45, 2.75) is 57.2 Å². The molecule has 1 aromatic rings. The van der Waals surface area contributed by atoms with Gasteiger partial charge in [-0.2, -0.15) is 0 Å². The van der Waals surface area contributed by atoms with Crippen molar-refractivity contribution in [1.82, 2.24) is 9.80 Å². The molecule has 2 N–H and O–H groups in total. The van der Waals surface area contributed by atoms with E-state index in [-0.39, 0.29) is 17.9 Å². The van der Waals surface area contributed by atoms with Crippen LogP contribution in [-0.2, 0) is 16.1 Å². The van der Waals surface area contributed by atoms with Crippen LogP contribution in [0.25, 0.3) is 0 Å². The van der Waals surface area contributed by atoms with Crippen molar-refractivity contribution < 1.29 is 9.59 Å². The van der Waals surface area contributed by atoms with Crippen molar-refractivity contribution in [1.29, 1.82) is 0 Å². The predicted octanol–water partition coefficient (Wildman–Crippen LogP) is 1.91. The molecule has 3 rings (SSSR count). The largest absolute Gasteiger partial charge is 0.339 e. The Labute approximate surface area is 143 Å². The fourth-order valence-corrected chi connectivity index (χ4v) is 3.64. The van der Waals surface area contributed by atoms with Crippen LogP contribution in [0.15, 0.2) is 30.3 Å². The van der Waals surface area contributed by atoms with Crippen molar-refractivity contribution in [3.05, 3.63) is 35.9 Å². The lowest BCUT2D eigenvalue weighted by atomic mass is 9.76. The Balaban J connectivity index is 1.74. The third-order valence-corrected chi connectivity index (χ3v) is 5.41. The number of carbonyl (C=O) groups is 2. The monoisotopic (exact) mass is 329 g/mol. The van der Waals surface area contributed by atoms with Crippen molar-refractivity contribution >= 4 is 11.8 Å². The van der Waals surface area contributed by atoms with Gasteiger partial charge in [0.2, 0.25) is 11.8 Å². The molecule has 130 valence electrons. The highest BCUT2D eigenvalue weighted by molar-refractivity contribution is 5.88. The van der Waals surface area contributed by atoms with Crippen LogP contribution < -0.4 is 5.73 Å². The first-order valence-electron chi connectivity index (χ1n) is 8.95. The highest BCUT2D eigenvalue weighted by atomic mass is 16.2. The molecule has 1 atom stereocenters. The van der Waals surface area contributed by atoms with Gasteiger partial charge in [-0.25, -0.2) is 0 Å². The molecule has 0 bridgehead atoms. The molecule has 1 heterocycles. The summed E-state index contributed by atoms with van der Waals surface area (Å²) in [5.41, 5.74) is 6.66. The molecule has 2 aliphatic rings. The van der Waals surface area contributed by atoms with Crippen molar-refractivity contribution in [3.8, 4) is 0 Å². The van der Waals surface area contributed by atoms with Gasteiger partial charge in [0.25, 0.3) is 0 Å². The van der Waals surface area contributed by atoms with E-state index in [4.69, 9.17) is 5.73 Å². The van der Waals surface area contributed by atoms with E-state index in [2.05, 4.69) is 6.92 Å². The first-order valence-corrected chi connectivity index (χ1v) is 8.95. The average Bonchev–Trinajstić information content (AvgIpc) is 2.73. The quantitative estimate of drug-likeness (QED) is 0.917. The summed E-state index contributed by atoms with van der Waals surface area (Å²) < 4.78 is 0. The Morgan fingerprint density at radius 2 is 2.00 bits per heavy atom. The molecule has 1 aliphatic carbocycles. The third-order valence-electron chi connectivity index (χ3n) is 5.41. The van der Waals surface area contributed by atoms with E-state index in [0.29, 0.717) is 26.1 Å². The van der Waals surface area contributed by atoms with Crippen LogP contribution in [0, 0.1) is 0 Å². The summed E-state index contributed by atoms with van der Waals surface area (Å²) in [5.74, 6) is 0.155. The maximum Gasteiger partial charge on any atom is 0.242 e. The van der Waals surface area contributed by atoms with Crippen LogP contribution in [0.1, 0.15) is 44.6 Å². The Bertz CT molecular complexity index is 598. The van der Waals surface area contributed by atoms with Crippen LogP contribution in [0.4, 0.5) is 0 Å². The second-order valence-corrected chi connectivity index (χ2v) is 7.08. The van der Waals surface area contributed by atoms with Gasteiger partial charge in [0.05, 0.1) is 5.54 Å². The summed E-state index contributed by atoms with van der Waals surface area (Å²) in [6.45, 7) is 3.75. The molecule has 0 unspecified atom stereocenters. The maximum absolute atomic E-state index is 12.8. The highest BCUT2D eigenvalue weighted by Crippen LogP contribution is 2.32. The maximum atomic E-state index is 12.8. The van der Waals surface area contributed by atoms with Crippen LogP contribution in [0.2, 0.25) is 0 Å². The molecule has 5 nitrogen and oxygen atoms in total. The van der Waals surface area contributed by atoms with E-state index >= 15 is 0 Å². The van der Waals surface area contributed by atoms with Gasteiger partial charge in [-0.05, 0) is 31.2 Å². The lowest BCUT2D eigenvalue weighted by Crippen LogP contribution is -2.60. The summed E-state index contributed by atoms with van der Waals surface area (Å²) in [5, 5.41) is 0. The Hall–Kier alpha value is -1.88. The second-order valence-electron chi connectivity index (χ2n) is 7.08. The SMILES string of the molecule is CC[C@H]1CN(C(=O)C2(N)CCC2)CCC(=O)N1Cc1ccccc1. The zero-order valence-electron chi connectivity index (χ0n) is 14.4. The highest BCUT2D eigenvalue weighted by Gasteiger charge is 2.44. The predicted molar refractivity (Wildman–Crippen MR) is 93.0 cm³/mol. The van der Waals surface area contributed by atoms with E-state index in [1.54, 1.807) is 0 Å². The lowest BCUT2D eigenvalue weighted by Gasteiger charge is -2.41. The van der Waals surface area contributed by atoms with Gasteiger partial charge in [0, 0.05) is 32.1 Å². The molecule has 0 aromatic heterocycles. The minimum atomic E-state index is -0.685. The number of hydrogen-bond acceptors (Lipinski definition) is 3. The summed E-state index contributed by atoms with van der Waals surface area (Å²) in [6, 6.07) is 10.1. The Morgan fingerprint density at radius 1 is 1.29 bits per heavy atom. The molecular formula is C19H27N3O2. The van der Waals surface area contributed by atoms with E-state index < -0.39 is 5.54 Å². The first-order chi connectivity index (χ1) is 11.5. The Kier molecular flexibility index (Phi) is 4.90. The average molecular weight is 329 g/mol. The summed E-state index contributed by atoms with van der Waals surface area (Å²) in [7, 11) is 0. The number of hydrogen-bond donors (Lipinski definition) is 1. The van der Waals surface area contributed by atoms with Crippen LogP contribution in [-0.4, -0.2) is 46.3 Å². The number of rotatable bonds is 4. The molecule has 1 aliphatic heterocycles. The standard InChI is InChI=1S/C19H27N3O2/c1-2-16-14-21(18(24)19(20)10-6-11-19)12-9-17(23)22(16)13-15-7-4-3-5-8-15/h3-5,7-8,16H,2,6,9-14,20H2,1H3/t16-/m0/s1. The summed E-state index contributed by atoms with van der Waals surface area (Å²) in [6.07, 6.45) is 3.76. The van der Waals surface area contributed by atoms with E-state index in [0.717, 1.165) is 31.2 Å². The summed E-state index contributed by atoms with van der Waals surface area (Å²) in [4.78, 5) is 29.2. The van der Waals surface area contributed by atoms with Crippen LogP contribution >= 0.6 is 0 Å². The third kappa shape index (κ3) is 3.31. The first kappa shape index (κ1) is 17.0. The topological polar surface area (TPSA) is 66.6 Å². The van der Waals surface area contributed by atoms with Gasteiger partial charge >= 0.3 is 0 Å². The van der Waals surface area contributed by atoms with Gasteiger partial charge < -0.3 is 15.5 Å². The number of amides is 2. The van der Waals surface area contributed by atoms with Crippen LogP contribution in [0.5, 0.6) is 0 Å². The van der Waals surface area contributed by atoms with E-state index in [9.17, 15) is 9.59 Å². The minimum Gasteiger partial charge on any atom is -0.339 e. The normalized spacial score (nSPS) is 23.6. The molecule has 0 radical (unpaired) electrons. The molecule has 1 saturated carbocycles. The fraction of sp³-hybridized carbons (Fsp3) is 0.579. The lowest BCUT2D eigenvalue weighted by molar-refractivity contribution is -0.140. The van der Waals surface area contributed by atoms with Crippen molar-refractivity contribution in [2.24, 2.45) is 5.73 Å². The zero-order valence-corrected chi connectivity index (χ0v) is 14.4. The molecular weight excluding hydrogens is 302 g/mol. The number of nitrogens with two attached hydrogens (primary N) is 1. The van der Waals surface area contributed by atoms with Gasteiger partial charge in [-0.3, -0.25) is 9.59 Å². The van der Waals surface area contributed by atoms with Crippen molar-refractivity contribution in [2.75, 3.05) is 13.1 Å². The van der Waals surface area contributed by atoms with Gasteiger partial charge in [0.15, 0.2) is 0 Å². The summed E-state index contributed by atoms with van der Waals surface area (Å²) >= 11 is 0. The van der Waals surface area contributed by atoms with Gasteiger partial charge in [-0.15, -0.1) is 0 Å². The molecule has 1 aromatic carbocycles. The number of nitrogens with zero attached hydrogens (tertiary/aromatic N) is 2. The Morgan fingerprint density at radius 3 is 2.58 bits per heavy atom. The van der Waals surface area contributed by atoms with Crippen LogP contribution in [0.3, 0.4) is 0 Å². The molecule has 1 saturated heterocycles.